The van der Waals surface area contributed by atoms with Gasteiger partial charge in [0.05, 0.1) is 6.10 Å². The molecule has 0 aromatic heterocycles. The predicted molar refractivity (Wildman–Crippen MR) is 131 cm³/mol. The number of aliphatic hydroxyl groups excluding tert-OH is 1. The largest absolute Gasteiger partial charge is 0.489 e. The minimum atomic E-state index is -0.376. The summed E-state index contributed by atoms with van der Waals surface area (Å²) in [6.45, 7) is 2.53. The number of aliphatic hydroxyl groups is 1. The first kappa shape index (κ1) is 22.6. The van der Waals surface area contributed by atoms with Crippen LogP contribution in [0.2, 0.25) is 0 Å². The van der Waals surface area contributed by atoms with Gasteiger partial charge in [0.15, 0.2) is 0 Å². The van der Waals surface area contributed by atoms with E-state index in [0.29, 0.717) is 12.5 Å². The van der Waals surface area contributed by atoms with Crippen molar-refractivity contribution < 1.29 is 9.84 Å². The summed E-state index contributed by atoms with van der Waals surface area (Å²) < 4.78 is 5.93. The maximum Gasteiger partial charge on any atom is 0.119 e. The van der Waals surface area contributed by atoms with E-state index < -0.39 is 0 Å². The molecule has 0 aliphatic heterocycles. The molecule has 168 valence electrons. The van der Waals surface area contributed by atoms with Crippen LogP contribution in [0.1, 0.15) is 60.8 Å². The molecule has 1 unspecified atom stereocenters. The molecule has 0 amide bonds. The Hall–Kier alpha value is -2.62. The van der Waals surface area contributed by atoms with E-state index in [-0.39, 0.29) is 6.10 Å². The van der Waals surface area contributed by atoms with E-state index >= 15 is 0 Å². The molecule has 0 saturated heterocycles. The van der Waals surface area contributed by atoms with Gasteiger partial charge in [-0.2, -0.15) is 0 Å². The minimum Gasteiger partial charge on any atom is -0.489 e. The van der Waals surface area contributed by atoms with Gasteiger partial charge in [0.2, 0.25) is 0 Å². The molecule has 1 saturated carbocycles. The van der Waals surface area contributed by atoms with Crippen molar-refractivity contribution in [2.75, 3.05) is 13.1 Å². The first-order valence-electron chi connectivity index (χ1n) is 12.0. The van der Waals surface area contributed by atoms with Gasteiger partial charge in [-0.1, -0.05) is 72.8 Å². The molecular formula is C29H35NO2. The zero-order valence-corrected chi connectivity index (χ0v) is 18.8. The van der Waals surface area contributed by atoms with Crippen LogP contribution < -0.4 is 10.1 Å². The second kappa shape index (κ2) is 11.8. The fourth-order valence-corrected chi connectivity index (χ4v) is 4.66. The predicted octanol–water partition coefficient (Wildman–Crippen LogP) is 6.25. The van der Waals surface area contributed by atoms with E-state index in [4.69, 9.17) is 4.74 Å². The van der Waals surface area contributed by atoms with E-state index in [0.717, 1.165) is 36.7 Å². The Bertz CT molecular complexity index is 903. The molecule has 1 fully saturated rings. The molecule has 3 heteroatoms. The zero-order chi connectivity index (χ0) is 22.0. The van der Waals surface area contributed by atoms with Crippen molar-refractivity contribution in [1.82, 2.24) is 5.32 Å². The van der Waals surface area contributed by atoms with Crippen molar-refractivity contribution in [1.29, 1.82) is 0 Å². The lowest BCUT2D eigenvalue weighted by molar-refractivity contribution is 0.165. The summed E-state index contributed by atoms with van der Waals surface area (Å²) in [5.41, 5.74) is 3.64. The molecule has 2 N–H and O–H groups in total. The van der Waals surface area contributed by atoms with Gasteiger partial charge in [-0.15, -0.1) is 0 Å². The van der Waals surface area contributed by atoms with Gasteiger partial charge in [0.25, 0.3) is 0 Å². The van der Waals surface area contributed by atoms with Gasteiger partial charge in [-0.05, 0) is 85.9 Å². The number of rotatable bonds is 10. The van der Waals surface area contributed by atoms with E-state index in [1.807, 2.05) is 48.5 Å². The van der Waals surface area contributed by atoms with Crippen molar-refractivity contribution in [3.8, 4) is 5.75 Å². The Morgan fingerprint density at radius 3 is 2.16 bits per heavy atom. The average molecular weight is 430 g/mol. The highest BCUT2D eigenvalue weighted by atomic mass is 16.5. The lowest BCUT2D eigenvalue weighted by Gasteiger charge is -2.29. The Morgan fingerprint density at radius 1 is 0.812 bits per heavy atom. The number of hydrogen-bond acceptors (Lipinski definition) is 3. The van der Waals surface area contributed by atoms with Gasteiger partial charge in [0, 0.05) is 0 Å². The Kier molecular flexibility index (Phi) is 8.35. The third-order valence-electron chi connectivity index (χ3n) is 6.66. The highest BCUT2D eigenvalue weighted by Crippen LogP contribution is 2.36. The third-order valence-corrected chi connectivity index (χ3v) is 6.66. The van der Waals surface area contributed by atoms with Crippen LogP contribution in [0.5, 0.6) is 5.75 Å². The first-order chi connectivity index (χ1) is 15.8. The smallest absolute Gasteiger partial charge is 0.119 e. The van der Waals surface area contributed by atoms with Crippen molar-refractivity contribution >= 4 is 0 Å². The van der Waals surface area contributed by atoms with Crippen molar-refractivity contribution in [2.45, 2.75) is 50.7 Å². The lowest BCUT2D eigenvalue weighted by atomic mass is 9.78. The number of hydrogen-bond donors (Lipinski definition) is 2. The quantitative estimate of drug-likeness (QED) is 0.374. The van der Waals surface area contributed by atoms with Crippen molar-refractivity contribution in [3.63, 3.8) is 0 Å². The monoisotopic (exact) mass is 429 g/mol. The van der Waals surface area contributed by atoms with Crippen LogP contribution in [0.15, 0.2) is 84.9 Å². The summed E-state index contributed by atoms with van der Waals surface area (Å²) in [5.74, 6) is 2.34. The highest BCUT2D eigenvalue weighted by molar-refractivity contribution is 5.30. The highest BCUT2D eigenvalue weighted by Gasteiger charge is 2.22. The topological polar surface area (TPSA) is 41.5 Å². The standard InChI is InChI=1S/C29H35NO2/c31-29(27-9-5-2-6-10-27)19-20-30-21-23-11-13-25(14-12-23)26-15-17-28(18-16-26)32-22-24-7-3-1-4-8-24/h1-10,15-18,23,25,29-31H,11-14,19-22H2/t23-,25-,29?. The Labute approximate surface area is 192 Å². The van der Waals surface area contributed by atoms with Crippen LogP contribution in [0, 0.1) is 5.92 Å². The maximum absolute atomic E-state index is 10.3. The van der Waals surface area contributed by atoms with Crippen LogP contribution in [0.4, 0.5) is 0 Å². The Balaban J connectivity index is 1.14. The van der Waals surface area contributed by atoms with Gasteiger partial charge in [0.1, 0.15) is 12.4 Å². The van der Waals surface area contributed by atoms with Crippen LogP contribution >= 0.6 is 0 Å². The second-order valence-electron chi connectivity index (χ2n) is 8.98. The number of benzene rings is 3. The first-order valence-corrected chi connectivity index (χ1v) is 12.0. The summed E-state index contributed by atoms with van der Waals surface area (Å²) in [6.07, 6.45) is 5.43. The molecular weight excluding hydrogens is 394 g/mol. The molecule has 0 spiro atoms. The Morgan fingerprint density at radius 2 is 1.47 bits per heavy atom. The summed E-state index contributed by atoms with van der Waals surface area (Å²) in [6, 6.07) is 29.0. The molecule has 3 aromatic rings. The van der Waals surface area contributed by atoms with E-state index in [9.17, 15) is 5.11 Å². The van der Waals surface area contributed by atoms with Crippen molar-refractivity contribution in [2.24, 2.45) is 5.92 Å². The maximum atomic E-state index is 10.3. The zero-order valence-electron chi connectivity index (χ0n) is 18.8. The van der Waals surface area contributed by atoms with Gasteiger partial charge >= 0.3 is 0 Å². The molecule has 0 bridgehead atoms. The molecule has 3 aromatic carbocycles. The summed E-state index contributed by atoms with van der Waals surface area (Å²) in [7, 11) is 0. The molecule has 1 aliphatic carbocycles. The van der Waals surface area contributed by atoms with E-state index in [1.165, 1.54) is 36.8 Å². The van der Waals surface area contributed by atoms with Crippen LogP contribution in [-0.4, -0.2) is 18.2 Å². The number of ether oxygens (including phenoxy) is 1. The normalized spacial score (nSPS) is 19.4. The van der Waals surface area contributed by atoms with Crippen molar-refractivity contribution in [3.05, 3.63) is 102 Å². The third kappa shape index (κ3) is 6.69. The molecule has 1 aliphatic rings. The van der Waals surface area contributed by atoms with E-state index in [2.05, 4.69) is 41.7 Å². The van der Waals surface area contributed by atoms with Gasteiger partial charge in [-0.25, -0.2) is 0 Å². The minimum absolute atomic E-state index is 0.376. The number of nitrogens with one attached hydrogen (secondary N) is 1. The fourth-order valence-electron chi connectivity index (χ4n) is 4.66. The van der Waals surface area contributed by atoms with E-state index in [1.54, 1.807) is 0 Å². The molecule has 0 heterocycles. The molecule has 3 nitrogen and oxygen atoms in total. The van der Waals surface area contributed by atoms with Crippen LogP contribution in [-0.2, 0) is 6.61 Å². The fraction of sp³-hybridized carbons (Fsp3) is 0.379. The summed E-state index contributed by atoms with van der Waals surface area (Å²) >= 11 is 0. The molecule has 4 rings (SSSR count). The van der Waals surface area contributed by atoms with Gasteiger partial charge in [-0.3, -0.25) is 0 Å². The average Bonchev–Trinajstić information content (AvgIpc) is 2.87. The summed E-state index contributed by atoms with van der Waals surface area (Å²) in [5, 5.41) is 13.8. The molecule has 1 atom stereocenters. The second-order valence-corrected chi connectivity index (χ2v) is 8.98. The summed E-state index contributed by atoms with van der Waals surface area (Å²) in [4.78, 5) is 0. The van der Waals surface area contributed by atoms with Crippen LogP contribution in [0.3, 0.4) is 0 Å². The van der Waals surface area contributed by atoms with Crippen LogP contribution in [0.25, 0.3) is 0 Å². The van der Waals surface area contributed by atoms with Gasteiger partial charge < -0.3 is 15.2 Å². The molecule has 0 radical (unpaired) electrons. The lowest BCUT2D eigenvalue weighted by Crippen LogP contribution is -2.27. The molecule has 32 heavy (non-hydrogen) atoms. The SMILES string of the molecule is OC(CCNC[C@H]1CC[C@H](c2ccc(OCc3ccccc3)cc2)CC1)c1ccccc1.